The summed E-state index contributed by atoms with van der Waals surface area (Å²) in [7, 11) is 0. The number of halogens is 3. The number of hydrogen-bond donors (Lipinski definition) is 2. The fraction of sp³-hybridized carbons (Fsp3) is 0.500. The van der Waals surface area contributed by atoms with Crippen molar-refractivity contribution in [3.8, 4) is 0 Å². The molecule has 2 unspecified atom stereocenters. The SMILES string of the molecule is CCCC(NC(=O)C(C)Cc1ccc(C(F)(F)F)cc1)C(=O)O. The second-order valence-electron chi connectivity index (χ2n) is 5.49. The summed E-state index contributed by atoms with van der Waals surface area (Å²) in [6, 6.07) is 3.65. The Balaban J connectivity index is 2.66. The van der Waals surface area contributed by atoms with Gasteiger partial charge in [0, 0.05) is 5.92 Å². The lowest BCUT2D eigenvalue weighted by molar-refractivity contribution is -0.142. The molecule has 0 aromatic heterocycles. The van der Waals surface area contributed by atoms with Crippen LogP contribution in [0.25, 0.3) is 0 Å². The van der Waals surface area contributed by atoms with E-state index < -0.39 is 35.6 Å². The van der Waals surface area contributed by atoms with Crippen LogP contribution in [-0.4, -0.2) is 23.0 Å². The Morgan fingerprint density at radius 1 is 1.22 bits per heavy atom. The molecule has 1 aromatic rings. The van der Waals surface area contributed by atoms with Crippen LogP contribution in [-0.2, 0) is 22.2 Å². The highest BCUT2D eigenvalue weighted by molar-refractivity contribution is 5.84. The van der Waals surface area contributed by atoms with E-state index in [4.69, 9.17) is 5.11 Å². The zero-order valence-electron chi connectivity index (χ0n) is 13.0. The van der Waals surface area contributed by atoms with E-state index in [1.165, 1.54) is 12.1 Å². The molecule has 1 amide bonds. The van der Waals surface area contributed by atoms with Crippen molar-refractivity contribution in [3.05, 3.63) is 35.4 Å². The fourth-order valence-corrected chi connectivity index (χ4v) is 2.14. The van der Waals surface area contributed by atoms with Gasteiger partial charge in [-0.1, -0.05) is 32.4 Å². The molecule has 0 saturated heterocycles. The summed E-state index contributed by atoms with van der Waals surface area (Å²) in [4.78, 5) is 23.0. The molecular formula is C16H20F3NO3. The Bertz CT molecular complexity index is 540. The zero-order valence-corrected chi connectivity index (χ0v) is 13.0. The summed E-state index contributed by atoms with van der Waals surface area (Å²) in [6.07, 6.45) is -3.21. The highest BCUT2D eigenvalue weighted by atomic mass is 19.4. The van der Waals surface area contributed by atoms with Crippen molar-refractivity contribution in [2.24, 2.45) is 5.92 Å². The topological polar surface area (TPSA) is 66.4 Å². The van der Waals surface area contributed by atoms with E-state index in [9.17, 15) is 22.8 Å². The van der Waals surface area contributed by atoms with Crippen LogP contribution in [0.1, 0.15) is 37.8 Å². The smallest absolute Gasteiger partial charge is 0.416 e. The van der Waals surface area contributed by atoms with E-state index >= 15 is 0 Å². The van der Waals surface area contributed by atoms with Gasteiger partial charge in [0.2, 0.25) is 5.91 Å². The van der Waals surface area contributed by atoms with Crippen molar-refractivity contribution < 1.29 is 27.9 Å². The van der Waals surface area contributed by atoms with Crippen LogP contribution in [0.15, 0.2) is 24.3 Å². The van der Waals surface area contributed by atoms with Crippen molar-refractivity contribution in [2.45, 2.75) is 45.3 Å². The summed E-state index contributed by atoms with van der Waals surface area (Å²) in [5.41, 5.74) is -0.157. The molecule has 1 rings (SSSR count). The van der Waals surface area contributed by atoms with Gasteiger partial charge in [0.05, 0.1) is 5.56 Å². The van der Waals surface area contributed by atoms with E-state index in [1.54, 1.807) is 6.92 Å². The number of aliphatic carboxylic acids is 1. The van der Waals surface area contributed by atoms with Gasteiger partial charge in [-0.25, -0.2) is 4.79 Å². The number of carbonyl (C=O) groups excluding carboxylic acids is 1. The molecule has 23 heavy (non-hydrogen) atoms. The first kappa shape index (κ1) is 19.0. The Hall–Kier alpha value is -2.05. The van der Waals surface area contributed by atoms with Gasteiger partial charge in [-0.15, -0.1) is 0 Å². The van der Waals surface area contributed by atoms with Crippen LogP contribution < -0.4 is 5.32 Å². The van der Waals surface area contributed by atoms with Crippen molar-refractivity contribution in [2.75, 3.05) is 0 Å². The van der Waals surface area contributed by atoms with Gasteiger partial charge in [0.25, 0.3) is 0 Å². The van der Waals surface area contributed by atoms with E-state index in [2.05, 4.69) is 5.32 Å². The highest BCUT2D eigenvalue weighted by Gasteiger charge is 2.30. The average molecular weight is 331 g/mol. The molecule has 0 heterocycles. The molecule has 0 aliphatic carbocycles. The molecule has 7 heteroatoms. The molecular weight excluding hydrogens is 311 g/mol. The van der Waals surface area contributed by atoms with E-state index in [0.29, 0.717) is 18.4 Å². The largest absolute Gasteiger partial charge is 0.480 e. The molecule has 2 atom stereocenters. The van der Waals surface area contributed by atoms with Crippen molar-refractivity contribution in [1.29, 1.82) is 0 Å². The minimum Gasteiger partial charge on any atom is -0.480 e. The Morgan fingerprint density at radius 3 is 2.22 bits per heavy atom. The number of carbonyl (C=O) groups is 2. The minimum atomic E-state index is -4.39. The summed E-state index contributed by atoms with van der Waals surface area (Å²) >= 11 is 0. The lowest BCUT2D eigenvalue weighted by atomic mass is 9.98. The summed E-state index contributed by atoms with van der Waals surface area (Å²) < 4.78 is 37.4. The molecule has 128 valence electrons. The Morgan fingerprint density at radius 2 is 1.78 bits per heavy atom. The third-order valence-corrected chi connectivity index (χ3v) is 3.46. The maximum atomic E-state index is 12.5. The number of carboxylic acids is 1. The van der Waals surface area contributed by atoms with Crippen LogP contribution in [0.3, 0.4) is 0 Å². The standard InChI is InChI=1S/C16H20F3NO3/c1-3-4-13(15(22)23)20-14(21)10(2)9-11-5-7-12(8-6-11)16(17,18)19/h5-8,10,13H,3-4,9H2,1-2H3,(H,20,21)(H,22,23). The quantitative estimate of drug-likeness (QED) is 0.806. The number of hydrogen-bond acceptors (Lipinski definition) is 2. The van der Waals surface area contributed by atoms with Crippen LogP contribution in [0.2, 0.25) is 0 Å². The molecule has 0 bridgehead atoms. The molecule has 4 nitrogen and oxygen atoms in total. The highest BCUT2D eigenvalue weighted by Crippen LogP contribution is 2.29. The lowest BCUT2D eigenvalue weighted by Crippen LogP contribution is -2.43. The maximum absolute atomic E-state index is 12.5. The van der Waals surface area contributed by atoms with Crippen LogP contribution >= 0.6 is 0 Å². The average Bonchev–Trinajstić information content (AvgIpc) is 2.46. The zero-order chi connectivity index (χ0) is 17.6. The van der Waals surface area contributed by atoms with Crippen molar-refractivity contribution in [3.63, 3.8) is 0 Å². The number of rotatable bonds is 7. The monoisotopic (exact) mass is 331 g/mol. The lowest BCUT2D eigenvalue weighted by Gasteiger charge is -2.17. The molecule has 1 aromatic carbocycles. The summed E-state index contributed by atoms with van der Waals surface area (Å²) in [5, 5.41) is 11.5. The van der Waals surface area contributed by atoms with Crippen LogP contribution in [0, 0.1) is 5.92 Å². The molecule has 0 fully saturated rings. The van der Waals surface area contributed by atoms with E-state index in [1.807, 2.05) is 6.92 Å². The van der Waals surface area contributed by atoms with E-state index in [0.717, 1.165) is 12.1 Å². The third-order valence-electron chi connectivity index (χ3n) is 3.46. The Kier molecular flexibility index (Phi) is 6.60. The number of nitrogens with one attached hydrogen (secondary N) is 1. The van der Waals surface area contributed by atoms with Gasteiger partial charge in [-0.3, -0.25) is 4.79 Å². The van der Waals surface area contributed by atoms with Crippen molar-refractivity contribution in [1.82, 2.24) is 5.32 Å². The number of alkyl halides is 3. The third kappa shape index (κ3) is 5.92. The maximum Gasteiger partial charge on any atom is 0.416 e. The van der Waals surface area contributed by atoms with Gasteiger partial charge < -0.3 is 10.4 Å². The number of carboxylic acid groups (broad SMARTS) is 1. The van der Waals surface area contributed by atoms with Gasteiger partial charge in [-0.05, 0) is 30.5 Å². The predicted molar refractivity (Wildman–Crippen MR) is 78.8 cm³/mol. The van der Waals surface area contributed by atoms with Crippen LogP contribution in [0.5, 0.6) is 0 Å². The van der Waals surface area contributed by atoms with Gasteiger partial charge in [-0.2, -0.15) is 13.2 Å². The Labute approximate surface area is 132 Å². The summed E-state index contributed by atoms with van der Waals surface area (Å²) in [5.74, 6) is -2.06. The second-order valence-corrected chi connectivity index (χ2v) is 5.49. The van der Waals surface area contributed by atoms with Crippen LogP contribution in [0.4, 0.5) is 13.2 Å². The molecule has 0 radical (unpaired) electrons. The molecule has 2 N–H and O–H groups in total. The fourth-order valence-electron chi connectivity index (χ4n) is 2.14. The van der Waals surface area contributed by atoms with Crippen molar-refractivity contribution >= 4 is 11.9 Å². The van der Waals surface area contributed by atoms with Gasteiger partial charge in [0.1, 0.15) is 6.04 Å². The first-order valence-electron chi connectivity index (χ1n) is 7.34. The predicted octanol–water partition coefficient (Wildman–Crippen LogP) is 3.25. The van der Waals surface area contributed by atoms with Gasteiger partial charge >= 0.3 is 12.1 Å². The molecule has 0 aliphatic rings. The molecule has 0 saturated carbocycles. The molecule has 0 spiro atoms. The minimum absolute atomic E-state index is 0.239. The first-order chi connectivity index (χ1) is 10.6. The first-order valence-corrected chi connectivity index (χ1v) is 7.34. The van der Waals surface area contributed by atoms with Gasteiger partial charge in [0.15, 0.2) is 0 Å². The molecule has 0 aliphatic heterocycles. The summed E-state index contributed by atoms with van der Waals surface area (Å²) in [6.45, 7) is 3.42. The van der Waals surface area contributed by atoms with E-state index in [-0.39, 0.29) is 6.42 Å². The normalized spacial score (nSPS) is 14.1. The number of amides is 1. The second kappa shape index (κ2) is 7.99. The number of benzene rings is 1.